The molecule has 0 aliphatic carbocycles. The number of hydrogen-bond donors (Lipinski definition) is 1. The lowest BCUT2D eigenvalue weighted by Gasteiger charge is -2.10. The van der Waals surface area contributed by atoms with E-state index in [2.05, 4.69) is 22.0 Å². The standard InChI is InChI=1S/C24H17N3O/c1-3-12-28-23-11-9-17-6-4-5-7-19(17)20(23)14-18(15-25)24-26-21-10-8-16(2)13-22(21)27-24/h1,4-11,13-14H,12H2,2H3,(H,26,27). The number of aromatic nitrogens is 2. The molecule has 0 amide bonds. The highest BCUT2D eigenvalue weighted by atomic mass is 16.5. The summed E-state index contributed by atoms with van der Waals surface area (Å²) >= 11 is 0. The molecular weight excluding hydrogens is 346 g/mol. The number of ether oxygens (including phenoxy) is 1. The van der Waals surface area contributed by atoms with E-state index in [4.69, 9.17) is 11.2 Å². The first-order valence-electron chi connectivity index (χ1n) is 8.86. The maximum atomic E-state index is 9.81. The summed E-state index contributed by atoms with van der Waals surface area (Å²) in [5.74, 6) is 3.65. The molecule has 3 aromatic carbocycles. The molecule has 1 N–H and O–H groups in total. The number of nitrogens with one attached hydrogen (secondary N) is 1. The lowest BCUT2D eigenvalue weighted by Crippen LogP contribution is -1.97. The Labute approximate surface area is 163 Å². The van der Waals surface area contributed by atoms with E-state index in [1.165, 1.54) is 0 Å². The number of nitrogens with zero attached hydrogens (tertiary/aromatic N) is 2. The SMILES string of the molecule is C#CCOc1ccc2ccccc2c1C=C(C#N)c1nc2ccc(C)cc2[nH]1. The Kier molecular flexibility index (Phi) is 4.54. The fourth-order valence-electron chi connectivity index (χ4n) is 3.22. The van der Waals surface area contributed by atoms with Gasteiger partial charge in [0.2, 0.25) is 0 Å². The minimum Gasteiger partial charge on any atom is -0.480 e. The van der Waals surface area contributed by atoms with Crippen LogP contribution < -0.4 is 4.74 Å². The van der Waals surface area contributed by atoms with E-state index < -0.39 is 0 Å². The molecule has 28 heavy (non-hydrogen) atoms. The Morgan fingerprint density at radius 1 is 1.21 bits per heavy atom. The third-order valence-corrected chi connectivity index (χ3v) is 4.54. The van der Waals surface area contributed by atoms with Crippen LogP contribution in [0.5, 0.6) is 5.75 Å². The fraction of sp³-hybridized carbons (Fsp3) is 0.0833. The van der Waals surface area contributed by atoms with Crippen LogP contribution in [0.4, 0.5) is 0 Å². The Morgan fingerprint density at radius 2 is 2.07 bits per heavy atom. The van der Waals surface area contributed by atoms with Gasteiger partial charge in [0.1, 0.15) is 24.3 Å². The predicted molar refractivity (Wildman–Crippen MR) is 113 cm³/mol. The lowest BCUT2D eigenvalue weighted by molar-refractivity contribution is 0.370. The van der Waals surface area contributed by atoms with Gasteiger partial charge >= 0.3 is 0 Å². The van der Waals surface area contributed by atoms with Crippen molar-refractivity contribution in [3.63, 3.8) is 0 Å². The van der Waals surface area contributed by atoms with Crippen LogP contribution in [0.1, 0.15) is 17.0 Å². The van der Waals surface area contributed by atoms with Gasteiger partial charge in [-0.3, -0.25) is 0 Å². The van der Waals surface area contributed by atoms with Crippen LogP contribution in [0.2, 0.25) is 0 Å². The van der Waals surface area contributed by atoms with Gasteiger partial charge in [0.15, 0.2) is 0 Å². The van der Waals surface area contributed by atoms with Gasteiger partial charge in [0, 0.05) is 5.56 Å². The van der Waals surface area contributed by atoms with E-state index in [-0.39, 0.29) is 6.61 Å². The Hall–Kier alpha value is -4.02. The number of terminal acetylenes is 1. The highest BCUT2D eigenvalue weighted by Gasteiger charge is 2.12. The van der Waals surface area contributed by atoms with E-state index in [9.17, 15) is 5.26 Å². The second-order valence-corrected chi connectivity index (χ2v) is 6.47. The Bertz CT molecular complexity index is 1300. The number of hydrogen-bond acceptors (Lipinski definition) is 3. The highest BCUT2D eigenvalue weighted by Crippen LogP contribution is 2.32. The molecule has 1 aromatic heterocycles. The number of rotatable bonds is 4. The third kappa shape index (κ3) is 3.20. The topological polar surface area (TPSA) is 61.7 Å². The molecule has 0 bridgehead atoms. The van der Waals surface area contributed by atoms with Crippen LogP contribution in [-0.2, 0) is 0 Å². The van der Waals surface area contributed by atoms with E-state index >= 15 is 0 Å². The number of fused-ring (bicyclic) bond motifs is 2. The summed E-state index contributed by atoms with van der Waals surface area (Å²) in [4.78, 5) is 7.82. The summed E-state index contributed by atoms with van der Waals surface area (Å²) in [5, 5.41) is 11.8. The molecule has 0 atom stereocenters. The van der Waals surface area contributed by atoms with E-state index in [1.54, 1.807) is 6.08 Å². The second kappa shape index (κ2) is 7.31. The van der Waals surface area contributed by atoms with Gasteiger partial charge < -0.3 is 9.72 Å². The molecule has 1 heterocycles. The molecule has 0 aliphatic heterocycles. The van der Waals surface area contributed by atoms with Crippen LogP contribution in [-0.4, -0.2) is 16.6 Å². The fourth-order valence-corrected chi connectivity index (χ4v) is 3.22. The minimum absolute atomic E-state index is 0.158. The van der Waals surface area contributed by atoms with Crippen molar-refractivity contribution in [2.45, 2.75) is 6.92 Å². The summed E-state index contributed by atoms with van der Waals surface area (Å²) in [6, 6.07) is 20.0. The molecule has 0 spiro atoms. The van der Waals surface area contributed by atoms with Crippen molar-refractivity contribution in [3.8, 4) is 24.2 Å². The maximum absolute atomic E-state index is 9.81. The lowest BCUT2D eigenvalue weighted by atomic mass is 10.0. The number of imidazole rings is 1. The minimum atomic E-state index is 0.158. The summed E-state index contributed by atoms with van der Waals surface area (Å²) in [7, 11) is 0. The first-order valence-corrected chi connectivity index (χ1v) is 8.86. The number of allylic oxidation sites excluding steroid dienone is 1. The summed E-state index contributed by atoms with van der Waals surface area (Å²) in [5.41, 5.74) is 4.09. The van der Waals surface area contributed by atoms with Gasteiger partial charge in [-0.05, 0) is 47.5 Å². The smallest absolute Gasteiger partial charge is 0.149 e. The first-order chi connectivity index (χ1) is 13.7. The highest BCUT2D eigenvalue weighted by molar-refractivity contribution is 6.00. The molecule has 4 nitrogen and oxygen atoms in total. The number of H-pyrrole nitrogens is 1. The Morgan fingerprint density at radius 3 is 2.89 bits per heavy atom. The van der Waals surface area contributed by atoms with Crippen LogP contribution >= 0.6 is 0 Å². The molecule has 0 unspecified atom stereocenters. The van der Waals surface area contributed by atoms with Crippen molar-refractivity contribution in [3.05, 3.63) is 71.5 Å². The van der Waals surface area contributed by atoms with Crippen LogP contribution in [0, 0.1) is 30.6 Å². The van der Waals surface area contributed by atoms with Gasteiger partial charge in [-0.2, -0.15) is 5.26 Å². The molecule has 4 heteroatoms. The molecule has 134 valence electrons. The number of aromatic amines is 1. The zero-order valence-electron chi connectivity index (χ0n) is 15.4. The van der Waals surface area contributed by atoms with E-state index in [0.717, 1.165) is 32.9 Å². The molecule has 0 radical (unpaired) electrons. The molecule has 4 aromatic rings. The van der Waals surface area contributed by atoms with Gasteiger partial charge in [-0.15, -0.1) is 6.42 Å². The molecule has 0 aliphatic rings. The molecule has 0 fully saturated rings. The second-order valence-electron chi connectivity index (χ2n) is 6.47. The monoisotopic (exact) mass is 363 g/mol. The van der Waals surface area contributed by atoms with Crippen LogP contribution in [0.3, 0.4) is 0 Å². The van der Waals surface area contributed by atoms with E-state index in [0.29, 0.717) is 17.1 Å². The van der Waals surface area contributed by atoms with Crippen LogP contribution in [0.15, 0.2) is 54.6 Å². The largest absolute Gasteiger partial charge is 0.480 e. The summed E-state index contributed by atoms with van der Waals surface area (Å²) in [6.07, 6.45) is 7.16. The van der Waals surface area contributed by atoms with Crippen molar-refractivity contribution in [1.29, 1.82) is 5.26 Å². The maximum Gasteiger partial charge on any atom is 0.149 e. The number of aryl methyl sites for hydroxylation is 1. The van der Waals surface area contributed by atoms with E-state index in [1.807, 2.05) is 61.5 Å². The molecule has 4 rings (SSSR count). The van der Waals surface area contributed by atoms with Crippen molar-refractivity contribution in [2.24, 2.45) is 0 Å². The zero-order chi connectivity index (χ0) is 19.5. The predicted octanol–water partition coefficient (Wildman–Crippen LogP) is 5.10. The summed E-state index contributed by atoms with van der Waals surface area (Å²) < 4.78 is 5.73. The quantitative estimate of drug-likeness (QED) is 0.405. The Balaban J connectivity index is 1.90. The summed E-state index contributed by atoms with van der Waals surface area (Å²) in [6.45, 7) is 2.18. The average Bonchev–Trinajstić information content (AvgIpc) is 3.13. The first kappa shape index (κ1) is 17.4. The van der Waals surface area contributed by atoms with Gasteiger partial charge in [0.25, 0.3) is 0 Å². The van der Waals surface area contributed by atoms with Crippen molar-refractivity contribution in [2.75, 3.05) is 6.61 Å². The average molecular weight is 363 g/mol. The molecular formula is C24H17N3O. The van der Waals surface area contributed by atoms with Gasteiger partial charge in [0.05, 0.1) is 16.6 Å². The molecule has 0 saturated carbocycles. The number of nitriles is 1. The van der Waals surface area contributed by atoms with Gasteiger partial charge in [-0.25, -0.2) is 4.98 Å². The van der Waals surface area contributed by atoms with Gasteiger partial charge in [-0.1, -0.05) is 42.3 Å². The van der Waals surface area contributed by atoms with Crippen molar-refractivity contribution >= 4 is 33.5 Å². The number of benzene rings is 3. The normalized spacial score (nSPS) is 11.3. The van der Waals surface area contributed by atoms with Crippen molar-refractivity contribution < 1.29 is 4.74 Å². The third-order valence-electron chi connectivity index (χ3n) is 4.54. The van der Waals surface area contributed by atoms with Crippen molar-refractivity contribution in [1.82, 2.24) is 9.97 Å². The molecule has 0 saturated heterocycles. The van der Waals surface area contributed by atoms with Crippen LogP contribution in [0.25, 0.3) is 33.5 Å². The zero-order valence-corrected chi connectivity index (χ0v) is 15.4.